The van der Waals surface area contributed by atoms with Gasteiger partial charge in [-0.05, 0) is 20.8 Å². The largest absolute Gasteiger partial charge is 0.374 e. The van der Waals surface area contributed by atoms with E-state index in [1.54, 1.807) is 0 Å². The van der Waals surface area contributed by atoms with E-state index in [1.165, 1.54) is 0 Å². The molecule has 0 spiro atoms. The van der Waals surface area contributed by atoms with Crippen LogP contribution in [0.4, 0.5) is 4.39 Å². The van der Waals surface area contributed by atoms with Gasteiger partial charge >= 0.3 is 0 Å². The summed E-state index contributed by atoms with van der Waals surface area (Å²) in [5, 5.41) is 0. The smallest absolute Gasteiger partial charge is 0.125 e. The number of halogens is 1. The van der Waals surface area contributed by atoms with Gasteiger partial charge in [-0.3, -0.25) is 9.80 Å². The Hall–Kier alpha value is -0.190. The number of hydrogen-bond donors (Lipinski definition) is 0. The fourth-order valence-electron chi connectivity index (χ4n) is 2.19. The average Bonchev–Trinajstić information content (AvgIpc) is 2.09. The molecular formula is C12H23FN2O. The summed E-state index contributed by atoms with van der Waals surface area (Å²) in [6.07, 6.45) is -0.213. The Morgan fingerprint density at radius 2 is 1.75 bits per heavy atom. The van der Waals surface area contributed by atoms with Crippen LogP contribution >= 0.6 is 0 Å². The van der Waals surface area contributed by atoms with Crippen LogP contribution in [0.2, 0.25) is 0 Å². The third-order valence-electron chi connectivity index (χ3n) is 3.67. The fraction of sp³-hybridized carbons (Fsp3) is 1.00. The Kier molecular flexibility index (Phi) is 3.82. The van der Waals surface area contributed by atoms with Crippen molar-refractivity contribution in [2.24, 2.45) is 0 Å². The van der Waals surface area contributed by atoms with Gasteiger partial charge in [-0.1, -0.05) is 0 Å². The number of likely N-dealkylation sites (tertiary alicyclic amines) is 2. The summed E-state index contributed by atoms with van der Waals surface area (Å²) >= 11 is 0. The van der Waals surface area contributed by atoms with Gasteiger partial charge in [-0.15, -0.1) is 0 Å². The third kappa shape index (κ3) is 2.73. The second-order valence-corrected chi connectivity index (χ2v) is 5.40. The van der Waals surface area contributed by atoms with Crippen LogP contribution in [0, 0.1) is 0 Å². The van der Waals surface area contributed by atoms with E-state index < -0.39 is 6.17 Å². The van der Waals surface area contributed by atoms with Crippen molar-refractivity contribution in [2.45, 2.75) is 45.1 Å². The van der Waals surface area contributed by atoms with Crippen molar-refractivity contribution in [1.82, 2.24) is 9.80 Å². The van der Waals surface area contributed by atoms with Gasteiger partial charge in [0.05, 0.1) is 12.7 Å². The van der Waals surface area contributed by atoms with Crippen LogP contribution < -0.4 is 0 Å². The molecule has 1 atom stereocenters. The first kappa shape index (κ1) is 12.3. The number of alkyl halides is 1. The monoisotopic (exact) mass is 230 g/mol. The number of ether oxygens (including phenoxy) is 1. The van der Waals surface area contributed by atoms with E-state index in [0.29, 0.717) is 31.3 Å². The van der Waals surface area contributed by atoms with E-state index in [1.807, 2.05) is 0 Å². The summed E-state index contributed by atoms with van der Waals surface area (Å²) in [4.78, 5) is 4.54. The zero-order valence-electron chi connectivity index (χ0n) is 10.5. The minimum Gasteiger partial charge on any atom is -0.374 e. The predicted octanol–water partition coefficient (Wildman–Crippen LogP) is 1.14. The number of hydrogen-bond acceptors (Lipinski definition) is 3. The molecule has 0 aliphatic carbocycles. The van der Waals surface area contributed by atoms with Gasteiger partial charge in [0.15, 0.2) is 0 Å². The molecule has 0 N–H and O–H groups in total. The molecule has 16 heavy (non-hydrogen) atoms. The minimum atomic E-state index is -0.609. The standard InChI is InChI=1S/C12H23FN2O/c1-9(2)14-6-12(7-14)16-8-10(3)15-4-11(13)5-15/h9-12H,4-8H2,1-3H3. The van der Waals surface area contributed by atoms with Crippen molar-refractivity contribution in [3.05, 3.63) is 0 Å². The molecule has 4 heteroatoms. The van der Waals surface area contributed by atoms with Crippen LogP contribution in [-0.2, 0) is 4.74 Å². The molecular weight excluding hydrogens is 207 g/mol. The van der Waals surface area contributed by atoms with Crippen LogP contribution in [0.1, 0.15) is 20.8 Å². The van der Waals surface area contributed by atoms with Gasteiger partial charge in [0.2, 0.25) is 0 Å². The summed E-state index contributed by atoms with van der Waals surface area (Å²) < 4.78 is 18.5. The van der Waals surface area contributed by atoms with Gasteiger partial charge in [-0.25, -0.2) is 4.39 Å². The van der Waals surface area contributed by atoms with E-state index >= 15 is 0 Å². The van der Waals surface area contributed by atoms with Crippen LogP contribution in [0.15, 0.2) is 0 Å². The highest BCUT2D eigenvalue weighted by molar-refractivity contribution is 4.86. The van der Waals surface area contributed by atoms with Gasteiger partial charge in [0.25, 0.3) is 0 Å². The minimum absolute atomic E-state index is 0.361. The molecule has 3 nitrogen and oxygen atoms in total. The van der Waals surface area contributed by atoms with Gasteiger partial charge in [-0.2, -0.15) is 0 Å². The maximum atomic E-state index is 12.7. The maximum absolute atomic E-state index is 12.7. The molecule has 2 heterocycles. The second kappa shape index (κ2) is 4.98. The van der Waals surface area contributed by atoms with Crippen LogP contribution in [0.25, 0.3) is 0 Å². The zero-order chi connectivity index (χ0) is 11.7. The van der Waals surface area contributed by atoms with Gasteiger partial charge < -0.3 is 4.74 Å². The molecule has 2 aliphatic heterocycles. The van der Waals surface area contributed by atoms with Crippen molar-refractivity contribution >= 4 is 0 Å². The van der Waals surface area contributed by atoms with E-state index in [2.05, 4.69) is 30.6 Å². The molecule has 0 aromatic rings. The summed E-state index contributed by atoms with van der Waals surface area (Å²) in [6, 6.07) is 0.986. The van der Waals surface area contributed by atoms with Gasteiger partial charge in [0, 0.05) is 38.3 Å². The molecule has 2 rings (SSSR count). The quantitative estimate of drug-likeness (QED) is 0.704. The molecule has 0 radical (unpaired) electrons. The van der Waals surface area contributed by atoms with E-state index in [-0.39, 0.29) is 0 Å². The zero-order valence-corrected chi connectivity index (χ0v) is 10.5. The Bertz CT molecular complexity index is 225. The lowest BCUT2D eigenvalue weighted by molar-refractivity contribution is -0.0908. The summed E-state index contributed by atoms with van der Waals surface area (Å²) in [7, 11) is 0. The molecule has 0 saturated carbocycles. The topological polar surface area (TPSA) is 15.7 Å². The van der Waals surface area contributed by atoms with E-state index in [9.17, 15) is 4.39 Å². The van der Waals surface area contributed by atoms with Crippen LogP contribution in [-0.4, -0.2) is 66.9 Å². The first-order valence-electron chi connectivity index (χ1n) is 6.30. The van der Waals surface area contributed by atoms with Crippen molar-refractivity contribution < 1.29 is 9.13 Å². The highest BCUT2D eigenvalue weighted by atomic mass is 19.1. The maximum Gasteiger partial charge on any atom is 0.125 e. The highest BCUT2D eigenvalue weighted by Gasteiger charge is 2.32. The van der Waals surface area contributed by atoms with E-state index in [4.69, 9.17) is 4.74 Å². The van der Waals surface area contributed by atoms with Crippen LogP contribution in [0.3, 0.4) is 0 Å². The SMILES string of the molecule is CC(C)N1CC(OCC(C)N2CC(F)C2)C1. The molecule has 1 unspecified atom stereocenters. The number of nitrogens with zero attached hydrogens (tertiary/aromatic N) is 2. The van der Waals surface area contributed by atoms with E-state index in [0.717, 1.165) is 19.7 Å². The first-order chi connectivity index (χ1) is 7.56. The molecule has 2 saturated heterocycles. The second-order valence-electron chi connectivity index (χ2n) is 5.40. The van der Waals surface area contributed by atoms with Crippen LogP contribution in [0.5, 0.6) is 0 Å². The molecule has 2 aliphatic rings. The third-order valence-corrected chi connectivity index (χ3v) is 3.67. The predicted molar refractivity (Wildman–Crippen MR) is 62.4 cm³/mol. The number of rotatable bonds is 5. The lowest BCUT2D eigenvalue weighted by Gasteiger charge is -2.44. The van der Waals surface area contributed by atoms with Crippen molar-refractivity contribution in [3.8, 4) is 0 Å². The average molecular weight is 230 g/mol. The Labute approximate surface area is 97.5 Å². The lowest BCUT2D eigenvalue weighted by Crippen LogP contribution is -2.57. The molecule has 0 amide bonds. The molecule has 0 aromatic heterocycles. The Balaban J connectivity index is 1.55. The lowest BCUT2D eigenvalue weighted by atomic mass is 10.1. The summed E-state index contributed by atoms with van der Waals surface area (Å²) in [6.45, 7) is 10.6. The van der Waals surface area contributed by atoms with Crippen molar-refractivity contribution in [2.75, 3.05) is 32.8 Å². The molecule has 0 bridgehead atoms. The Morgan fingerprint density at radius 3 is 2.25 bits per heavy atom. The first-order valence-corrected chi connectivity index (χ1v) is 6.30. The summed E-state index contributed by atoms with van der Waals surface area (Å²) in [5.74, 6) is 0. The normalized spacial score (nSPS) is 26.8. The molecule has 94 valence electrons. The molecule has 0 aromatic carbocycles. The fourth-order valence-corrected chi connectivity index (χ4v) is 2.19. The Morgan fingerprint density at radius 1 is 1.12 bits per heavy atom. The summed E-state index contributed by atoms with van der Waals surface area (Å²) in [5.41, 5.74) is 0. The molecule has 2 fully saturated rings. The van der Waals surface area contributed by atoms with Crippen molar-refractivity contribution in [3.63, 3.8) is 0 Å². The van der Waals surface area contributed by atoms with Gasteiger partial charge in [0.1, 0.15) is 6.17 Å². The van der Waals surface area contributed by atoms with Crippen molar-refractivity contribution in [1.29, 1.82) is 0 Å². The highest BCUT2D eigenvalue weighted by Crippen LogP contribution is 2.18.